The lowest BCUT2D eigenvalue weighted by Gasteiger charge is -2.27. The van der Waals surface area contributed by atoms with Gasteiger partial charge < -0.3 is 9.64 Å². The average Bonchev–Trinajstić information content (AvgIpc) is 3.27. The number of carbonyl (C=O) groups is 1. The van der Waals surface area contributed by atoms with Gasteiger partial charge in [-0.1, -0.05) is 18.6 Å². The van der Waals surface area contributed by atoms with Crippen molar-refractivity contribution in [3.63, 3.8) is 0 Å². The highest BCUT2D eigenvalue weighted by Crippen LogP contribution is 2.52. The zero-order valence-electron chi connectivity index (χ0n) is 14.8. The van der Waals surface area contributed by atoms with E-state index in [0.29, 0.717) is 12.0 Å². The molecule has 0 spiro atoms. The van der Waals surface area contributed by atoms with E-state index in [1.807, 2.05) is 12.1 Å². The van der Waals surface area contributed by atoms with Gasteiger partial charge in [0.1, 0.15) is 12.0 Å². The van der Waals surface area contributed by atoms with Gasteiger partial charge in [0.2, 0.25) is 0 Å². The summed E-state index contributed by atoms with van der Waals surface area (Å²) in [5.41, 5.74) is 4.61. The second-order valence-electron chi connectivity index (χ2n) is 7.31. The van der Waals surface area contributed by atoms with E-state index < -0.39 is 0 Å². The van der Waals surface area contributed by atoms with Gasteiger partial charge in [0.25, 0.3) is 0 Å². The van der Waals surface area contributed by atoms with Crippen molar-refractivity contribution in [2.24, 2.45) is 0 Å². The number of rotatable bonds is 3. The lowest BCUT2D eigenvalue weighted by Crippen LogP contribution is -2.26. The molecule has 1 saturated carbocycles. The number of hydrogen-bond acceptors (Lipinski definition) is 3. The Bertz CT molecular complexity index is 1010. The van der Waals surface area contributed by atoms with Crippen LogP contribution < -0.4 is 9.64 Å². The van der Waals surface area contributed by atoms with Gasteiger partial charge in [-0.25, -0.2) is 0 Å². The van der Waals surface area contributed by atoms with E-state index in [-0.39, 0.29) is 0 Å². The Morgan fingerprint density at radius 3 is 2.69 bits per heavy atom. The Kier molecular flexibility index (Phi) is 3.49. The Morgan fingerprint density at radius 2 is 1.85 bits per heavy atom. The number of nitrogens with zero attached hydrogens (tertiary/aromatic N) is 1. The number of ether oxygens (including phenoxy) is 1. The van der Waals surface area contributed by atoms with Crippen LogP contribution in [0.2, 0.25) is 0 Å². The van der Waals surface area contributed by atoms with Crippen LogP contribution in [0, 0.1) is 0 Å². The Hall–Kier alpha value is -2.81. The van der Waals surface area contributed by atoms with Crippen LogP contribution in [0.15, 0.2) is 54.6 Å². The number of methoxy groups -OCH3 is 1. The van der Waals surface area contributed by atoms with E-state index in [0.717, 1.165) is 17.6 Å². The van der Waals surface area contributed by atoms with Crippen LogP contribution in [0.4, 0.5) is 11.4 Å². The van der Waals surface area contributed by atoms with Crippen LogP contribution in [0.25, 0.3) is 10.8 Å². The topological polar surface area (TPSA) is 29.5 Å². The van der Waals surface area contributed by atoms with Crippen molar-refractivity contribution in [2.45, 2.75) is 31.2 Å². The molecule has 1 fully saturated rings. The summed E-state index contributed by atoms with van der Waals surface area (Å²) >= 11 is 0. The summed E-state index contributed by atoms with van der Waals surface area (Å²) in [5.74, 6) is 1.42. The van der Waals surface area contributed by atoms with Crippen molar-refractivity contribution < 1.29 is 9.53 Å². The van der Waals surface area contributed by atoms with E-state index in [2.05, 4.69) is 47.4 Å². The highest BCUT2D eigenvalue weighted by Gasteiger charge is 2.42. The van der Waals surface area contributed by atoms with E-state index in [1.54, 1.807) is 7.11 Å². The van der Waals surface area contributed by atoms with Crippen LogP contribution in [0.1, 0.15) is 41.1 Å². The van der Waals surface area contributed by atoms with Crippen molar-refractivity contribution in [3.05, 3.63) is 65.7 Å². The van der Waals surface area contributed by atoms with Crippen molar-refractivity contribution >= 4 is 28.4 Å². The summed E-state index contributed by atoms with van der Waals surface area (Å²) in [5, 5.41) is 2.41. The molecule has 2 atom stereocenters. The summed E-state index contributed by atoms with van der Waals surface area (Å²) in [6.07, 6.45) is 4.62. The molecule has 2 aliphatic rings. The van der Waals surface area contributed by atoms with Crippen molar-refractivity contribution in [3.8, 4) is 5.75 Å². The van der Waals surface area contributed by atoms with Crippen molar-refractivity contribution in [2.75, 3.05) is 12.0 Å². The fourth-order valence-electron chi connectivity index (χ4n) is 4.77. The van der Waals surface area contributed by atoms with Gasteiger partial charge in [-0.2, -0.15) is 0 Å². The highest BCUT2D eigenvalue weighted by molar-refractivity contribution is 5.89. The molecule has 2 unspecified atom stereocenters. The fraction of sp³-hybridized carbons (Fsp3) is 0.261. The quantitative estimate of drug-likeness (QED) is 0.592. The van der Waals surface area contributed by atoms with E-state index in [4.69, 9.17) is 4.74 Å². The summed E-state index contributed by atoms with van der Waals surface area (Å²) in [6.45, 7) is 0. The summed E-state index contributed by atoms with van der Waals surface area (Å²) in [7, 11) is 1.70. The van der Waals surface area contributed by atoms with Gasteiger partial charge in [-0.15, -0.1) is 0 Å². The number of hydrogen-bond donors (Lipinski definition) is 0. The predicted molar refractivity (Wildman–Crippen MR) is 105 cm³/mol. The molecule has 1 heterocycles. The third kappa shape index (κ3) is 2.23. The molecule has 0 radical (unpaired) electrons. The molecule has 26 heavy (non-hydrogen) atoms. The van der Waals surface area contributed by atoms with Crippen LogP contribution in [-0.4, -0.2) is 19.4 Å². The summed E-state index contributed by atoms with van der Waals surface area (Å²) in [4.78, 5) is 13.7. The standard InChI is InChI=1S/C23H21NO2/c1-26-19-9-7-16-12-18(8-6-17(16)13-19)24-22-4-2-3-20(22)21-11-15(14-25)5-10-23(21)24/h5-14,20,22H,2-4H2,1H3. The molecule has 5 rings (SSSR count). The molecule has 3 aromatic rings. The van der Waals surface area contributed by atoms with Gasteiger partial charge in [0.05, 0.1) is 7.11 Å². The molecule has 3 heteroatoms. The predicted octanol–water partition coefficient (Wildman–Crippen LogP) is 5.45. The second-order valence-corrected chi connectivity index (χ2v) is 7.31. The third-order valence-electron chi connectivity index (χ3n) is 5.97. The Labute approximate surface area is 153 Å². The van der Waals surface area contributed by atoms with E-state index >= 15 is 0 Å². The Balaban J connectivity index is 1.63. The van der Waals surface area contributed by atoms with Crippen LogP contribution in [0.3, 0.4) is 0 Å². The molecule has 0 aromatic heterocycles. The number of anilines is 2. The van der Waals surface area contributed by atoms with Crippen molar-refractivity contribution in [1.82, 2.24) is 0 Å². The lowest BCUT2D eigenvalue weighted by molar-refractivity contribution is 0.112. The molecule has 1 aliphatic heterocycles. The minimum atomic E-state index is 0.502. The number of fused-ring (bicyclic) bond motifs is 4. The second kappa shape index (κ2) is 5.87. The first-order chi connectivity index (χ1) is 12.8. The van der Waals surface area contributed by atoms with E-state index in [9.17, 15) is 4.79 Å². The first-order valence-electron chi connectivity index (χ1n) is 9.24. The maximum atomic E-state index is 11.2. The van der Waals surface area contributed by atoms with Crippen LogP contribution in [-0.2, 0) is 0 Å². The zero-order chi connectivity index (χ0) is 17.7. The average molecular weight is 343 g/mol. The van der Waals surface area contributed by atoms with Gasteiger partial charge in [0, 0.05) is 28.9 Å². The smallest absolute Gasteiger partial charge is 0.150 e. The molecule has 0 bridgehead atoms. The van der Waals surface area contributed by atoms with Crippen LogP contribution in [0.5, 0.6) is 5.75 Å². The van der Waals surface area contributed by atoms with Crippen molar-refractivity contribution in [1.29, 1.82) is 0 Å². The minimum absolute atomic E-state index is 0.502. The summed E-state index contributed by atoms with van der Waals surface area (Å²) in [6, 6.07) is 19.5. The maximum absolute atomic E-state index is 11.2. The normalized spacial score (nSPS) is 20.9. The third-order valence-corrected chi connectivity index (χ3v) is 5.97. The van der Waals surface area contributed by atoms with Gasteiger partial charge in [0.15, 0.2) is 0 Å². The maximum Gasteiger partial charge on any atom is 0.150 e. The summed E-state index contributed by atoms with van der Waals surface area (Å²) < 4.78 is 5.34. The highest BCUT2D eigenvalue weighted by atomic mass is 16.5. The van der Waals surface area contributed by atoms with Gasteiger partial charge in [-0.05, 0) is 71.6 Å². The number of aldehydes is 1. The minimum Gasteiger partial charge on any atom is -0.497 e. The monoisotopic (exact) mass is 343 g/mol. The molecule has 1 aliphatic carbocycles. The zero-order valence-corrected chi connectivity index (χ0v) is 14.8. The molecule has 0 amide bonds. The number of benzene rings is 3. The largest absolute Gasteiger partial charge is 0.497 e. The molecule has 0 saturated heterocycles. The molecule has 0 N–H and O–H groups in total. The molecule has 3 aromatic carbocycles. The Morgan fingerprint density at radius 1 is 1.00 bits per heavy atom. The first kappa shape index (κ1) is 15.4. The molecular weight excluding hydrogens is 322 g/mol. The SMILES string of the molecule is COc1ccc2cc(N3c4ccc(C=O)cc4C4CCCC43)ccc2c1. The van der Waals surface area contributed by atoms with Crippen LogP contribution >= 0.6 is 0 Å². The molecular formula is C23H21NO2. The molecule has 3 nitrogen and oxygen atoms in total. The van der Waals surface area contributed by atoms with Gasteiger partial charge >= 0.3 is 0 Å². The molecule has 130 valence electrons. The van der Waals surface area contributed by atoms with Gasteiger partial charge in [-0.3, -0.25) is 4.79 Å². The first-order valence-corrected chi connectivity index (χ1v) is 9.24. The fourth-order valence-corrected chi connectivity index (χ4v) is 4.77. The van der Waals surface area contributed by atoms with E-state index in [1.165, 1.54) is 47.0 Å². The lowest BCUT2D eigenvalue weighted by atomic mass is 9.96. The number of carbonyl (C=O) groups excluding carboxylic acids is 1.